The third-order valence-electron chi connectivity index (χ3n) is 7.32. The van der Waals surface area contributed by atoms with Crippen molar-refractivity contribution in [2.75, 3.05) is 16.8 Å². The van der Waals surface area contributed by atoms with Gasteiger partial charge in [-0.2, -0.15) is 0 Å². The molecule has 0 bridgehead atoms. The third kappa shape index (κ3) is 3.60. The summed E-state index contributed by atoms with van der Waals surface area (Å²) in [6, 6.07) is 5.84. The lowest BCUT2D eigenvalue weighted by atomic mass is 10.0. The number of aromatic nitrogens is 3. The highest BCUT2D eigenvalue weighted by atomic mass is 16.5. The summed E-state index contributed by atoms with van der Waals surface area (Å²) in [7, 11) is 0. The maximum atomic E-state index is 13.0. The van der Waals surface area contributed by atoms with E-state index in [-0.39, 0.29) is 11.4 Å². The van der Waals surface area contributed by atoms with E-state index in [1.54, 1.807) is 11.2 Å². The van der Waals surface area contributed by atoms with Crippen LogP contribution < -0.4 is 20.3 Å². The highest BCUT2D eigenvalue weighted by molar-refractivity contribution is 6.02. The summed E-state index contributed by atoms with van der Waals surface area (Å²) in [6.45, 7) is 7.64. The lowest BCUT2D eigenvalue weighted by molar-refractivity contribution is 0.257. The monoisotopic (exact) mass is 460 g/mol. The first-order valence-corrected chi connectivity index (χ1v) is 11.8. The van der Waals surface area contributed by atoms with Crippen molar-refractivity contribution >= 4 is 17.5 Å². The minimum absolute atomic E-state index is 0.0706. The Morgan fingerprint density at radius 2 is 2.15 bits per heavy atom. The smallest absolute Gasteiger partial charge is 0.327 e. The standard InChI is InChI=1S/C25H28N6O3/c1-14-10-17-18(12-26-14)27-13-28-23(17)33-20-5-4-19-16(15(20)2)6-9-31(19)24(32)29-22-11-21(34-30-22)25(3)7-8-25/h4-5,11,13-14,26H,6-10,12H2,1-3H3,(H,29,30,32)/t14-/m0/s1. The zero-order valence-corrected chi connectivity index (χ0v) is 19.6. The number of anilines is 2. The van der Waals surface area contributed by atoms with Gasteiger partial charge >= 0.3 is 6.03 Å². The molecule has 1 fully saturated rings. The van der Waals surface area contributed by atoms with Crippen LogP contribution in [0.3, 0.4) is 0 Å². The van der Waals surface area contributed by atoms with Gasteiger partial charge < -0.3 is 14.6 Å². The van der Waals surface area contributed by atoms with Crippen LogP contribution >= 0.6 is 0 Å². The Hall–Kier alpha value is -3.46. The van der Waals surface area contributed by atoms with Gasteiger partial charge in [0, 0.05) is 41.9 Å². The van der Waals surface area contributed by atoms with E-state index in [4.69, 9.17) is 9.26 Å². The molecule has 9 heteroatoms. The van der Waals surface area contributed by atoms with Gasteiger partial charge in [-0.05, 0) is 62.8 Å². The van der Waals surface area contributed by atoms with E-state index >= 15 is 0 Å². The first kappa shape index (κ1) is 21.1. The van der Waals surface area contributed by atoms with Crippen LogP contribution in [-0.2, 0) is 24.8 Å². The average molecular weight is 461 g/mol. The number of ether oxygens (including phenoxy) is 1. The second-order valence-corrected chi connectivity index (χ2v) is 9.85. The van der Waals surface area contributed by atoms with E-state index in [0.717, 1.165) is 71.8 Å². The minimum Gasteiger partial charge on any atom is -0.438 e. The number of hydrogen-bond acceptors (Lipinski definition) is 7. The van der Waals surface area contributed by atoms with Gasteiger partial charge in [-0.25, -0.2) is 14.8 Å². The van der Waals surface area contributed by atoms with E-state index < -0.39 is 0 Å². The van der Waals surface area contributed by atoms with Crippen molar-refractivity contribution in [1.29, 1.82) is 0 Å². The van der Waals surface area contributed by atoms with E-state index in [1.807, 2.05) is 25.1 Å². The maximum Gasteiger partial charge on any atom is 0.327 e. The topological polar surface area (TPSA) is 105 Å². The number of carbonyl (C=O) groups excluding carboxylic acids is 1. The number of rotatable bonds is 4. The number of amides is 2. The molecule has 0 radical (unpaired) electrons. The number of nitrogens with zero attached hydrogens (tertiary/aromatic N) is 4. The molecule has 2 aromatic heterocycles. The number of urea groups is 1. The SMILES string of the molecule is Cc1c(Oc2ncnc3c2C[C@H](C)NC3)ccc2c1CCN2C(=O)Nc1cc(C2(C)CC2)on1. The lowest BCUT2D eigenvalue weighted by Gasteiger charge is -2.24. The molecule has 1 aliphatic carbocycles. The summed E-state index contributed by atoms with van der Waals surface area (Å²) >= 11 is 0. The fourth-order valence-electron chi connectivity index (χ4n) is 4.81. The van der Waals surface area contributed by atoms with Crippen LogP contribution in [0.15, 0.2) is 29.0 Å². The molecule has 9 nitrogen and oxygen atoms in total. The molecule has 3 aliphatic rings. The fourth-order valence-corrected chi connectivity index (χ4v) is 4.81. The summed E-state index contributed by atoms with van der Waals surface area (Å²) in [4.78, 5) is 23.6. The van der Waals surface area contributed by atoms with Crippen LogP contribution in [0.5, 0.6) is 11.6 Å². The van der Waals surface area contributed by atoms with E-state index in [9.17, 15) is 4.79 Å². The molecule has 0 unspecified atom stereocenters. The minimum atomic E-state index is -0.209. The Morgan fingerprint density at radius 3 is 2.97 bits per heavy atom. The molecule has 2 amide bonds. The maximum absolute atomic E-state index is 13.0. The molecule has 6 rings (SSSR count). The average Bonchev–Trinajstić information content (AvgIpc) is 3.22. The molecule has 34 heavy (non-hydrogen) atoms. The van der Waals surface area contributed by atoms with Crippen molar-refractivity contribution in [2.45, 2.75) is 64.5 Å². The number of carbonyl (C=O) groups is 1. The van der Waals surface area contributed by atoms with E-state index in [2.05, 4.69) is 39.6 Å². The normalized spacial score (nSPS) is 20.0. The second kappa shape index (κ2) is 7.80. The Balaban J connectivity index is 1.21. The van der Waals surface area contributed by atoms with Crippen LogP contribution in [0.4, 0.5) is 16.3 Å². The molecule has 3 aromatic rings. The summed E-state index contributed by atoms with van der Waals surface area (Å²) < 4.78 is 11.7. The molecular formula is C25H28N6O3. The summed E-state index contributed by atoms with van der Waals surface area (Å²) in [5.41, 5.74) is 5.13. The quantitative estimate of drug-likeness (QED) is 0.600. The molecule has 0 spiro atoms. The Labute approximate surface area is 197 Å². The number of nitrogens with one attached hydrogen (secondary N) is 2. The van der Waals surface area contributed by atoms with Gasteiger partial charge in [0.05, 0.1) is 5.69 Å². The van der Waals surface area contributed by atoms with Crippen molar-refractivity contribution in [2.24, 2.45) is 0 Å². The molecule has 0 saturated heterocycles. The van der Waals surface area contributed by atoms with Crippen LogP contribution in [0.2, 0.25) is 0 Å². The Bertz CT molecular complexity index is 1280. The van der Waals surface area contributed by atoms with Gasteiger partial charge in [0.1, 0.15) is 17.8 Å². The van der Waals surface area contributed by atoms with Gasteiger partial charge in [-0.15, -0.1) is 0 Å². The first-order chi connectivity index (χ1) is 16.4. The van der Waals surface area contributed by atoms with Gasteiger partial charge in [-0.3, -0.25) is 10.2 Å². The van der Waals surface area contributed by atoms with Gasteiger partial charge in [0.25, 0.3) is 0 Å². The number of benzene rings is 1. The second-order valence-electron chi connectivity index (χ2n) is 9.85. The molecule has 176 valence electrons. The summed E-state index contributed by atoms with van der Waals surface area (Å²) in [5.74, 6) is 2.65. The van der Waals surface area contributed by atoms with Crippen molar-refractivity contribution < 1.29 is 14.1 Å². The third-order valence-corrected chi connectivity index (χ3v) is 7.32. The van der Waals surface area contributed by atoms with Crippen LogP contribution in [0.1, 0.15) is 54.8 Å². The van der Waals surface area contributed by atoms with Crippen molar-refractivity contribution in [3.63, 3.8) is 0 Å². The zero-order chi connectivity index (χ0) is 23.4. The van der Waals surface area contributed by atoms with Crippen LogP contribution in [0.25, 0.3) is 0 Å². The van der Waals surface area contributed by atoms with E-state index in [1.165, 1.54) is 0 Å². The summed E-state index contributed by atoms with van der Waals surface area (Å²) in [6.07, 6.45) is 5.32. The predicted molar refractivity (Wildman–Crippen MR) is 126 cm³/mol. The molecule has 2 N–H and O–H groups in total. The lowest BCUT2D eigenvalue weighted by Crippen LogP contribution is -2.33. The largest absolute Gasteiger partial charge is 0.438 e. The molecule has 1 saturated carbocycles. The fraction of sp³-hybridized carbons (Fsp3) is 0.440. The molecule has 4 heterocycles. The molecule has 1 aromatic carbocycles. The number of hydrogen-bond donors (Lipinski definition) is 2. The summed E-state index contributed by atoms with van der Waals surface area (Å²) in [5, 5.41) is 10.3. The van der Waals surface area contributed by atoms with Gasteiger partial charge in [-0.1, -0.05) is 12.1 Å². The van der Waals surface area contributed by atoms with Crippen molar-refractivity contribution in [3.8, 4) is 11.6 Å². The van der Waals surface area contributed by atoms with E-state index in [0.29, 0.717) is 24.3 Å². The van der Waals surface area contributed by atoms with Crippen molar-refractivity contribution in [1.82, 2.24) is 20.4 Å². The Morgan fingerprint density at radius 1 is 1.29 bits per heavy atom. The molecular weight excluding hydrogens is 432 g/mol. The van der Waals surface area contributed by atoms with Gasteiger partial charge in [0.2, 0.25) is 5.88 Å². The number of fused-ring (bicyclic) bond motifs is 2. The Kier molecular flexibility index (Phi) is 4.84. The van der Waals surface area contributed by atoms with Crippen molar-refractivity contribution in [3.05, 3.63) is 52.7 Å². The predicted octanol–water partition coefficient (Wildman–Crippen LogP) is 4.25. The molecule has 1 atom stereocenters. The van der Waals surface area contributed by atoms with Crippen LogP contribution in [-0.4, -0.2) is 33.7 Å². The van der Waals surface area contributed by atoms with Crippen LogP contribution in [0, 0.1) is 6.92 Å². The highest BCUT2D eigenvalue weighted by Gasteiger charge is 2.43. The van der Waals surface area contributed by atoms with Gasteiger partial charge in [0.15, 0.2) is 5.82 Å². The zero-order valence-electron chi connectivity index (χ0n) is 19.6. The first-order valence-electron chi connectivity index (χ1n) is 11.8. The highest BCUT2D eigenvalue weighted by Crippen LogP contribution is 2.48. The molecule has 2 aliphatic heterocycles.